The quantitative estimate of drug-likeness (QED) is 0.107. The van der Waals surface area contributed by atoms with Gasteiger partial charge in [0.1, 0.15) is 17.3 Å². The highest BCUT2D eigenvalue weighted by molar-refractivity contribution is 6.09. The molecule has 0 spiro atoms. The maximum Gasteiger partial charge on any atom is 0.269 e. The van der Waals surface area contributed by atoms with E-state index in [1.165, 1.54) is 65.4 Å². The first-order valence-electron chi connectivity index (χ1n) is 47.5. The van der Waals surface area contributed by atoms with Crippen molar-refractivity contribution in [3.8, 4) is 62.1 Å². The number of pyridine rings is 1. The Bertz CT molecular complexity index is 6060. The Labute approximate surface area is 536 Å². The van der Waals surface area contributed by atoms with E-state index < -0.39 is 230 Å². The van der Waals surface area contributed by atoms with Gasteiger partial charge in [-0.05, 0) is 157 Å². The van der Waals surface area contributed by atoms with E-state index in [0.29, 0.717) is 21.8 Å². The molecule has 5 heteroatoms. The third kappa shape index (κ3) is 8.94. The number of rotatable bonds is 9. The van der Waals surface area contributed by atoms with E-state index in [-0.39, 0.29) is 50.7 Å². The first kappa shape index (κ1) is 21.8. The van der Waals surface area contributed by atoms with E-state index in [1.54, 1.807) is 67.8 Å². The molecule has 0 aliphatic heterocycles. The summed E-state index contributed by atoms with van der Waals surface area (Å²) in [7, 11) is 0. The molecular weight excluding hydrogens is 973 g/mol. The highest BCUT2D eigenvalue weighted by atomic mass is 16.5. The fraction of sp³-hybridized carbons (Fsp3) is 0.280. The van der Waals surface area contributed by atoms with Gasteiger partial charge in [-0.1, -0.05) is 209 Å². The summed E-state index contributed by atoms with van der Waals surface area (Å²) >= 11 is 0. The number of ether oxygens (including phenoxy) is 1. The van der Waals surface area contributed by atoms with Crippen molar-refractivity contribution in [2.45, 2.75) is 129 Å². The zero-order valence-corrected chi connectivity index (χ0v) is 42.7. The summed E-state index contributed by atoms with van der Waals surface area (Å²) in [6.45, 7) is -31.8. The van der Waals surface area contributed by atoms with Gasteiger partial charge in [-0.25, -0.2) is 4.98 Å². The first-order chi connectivity index (χ1) is 56.7. The van der Waals surface area contributed by atoms with Crippen LogP contribution in [0.25, 0.3) is 83.4 Å². The van der Waals surface area contributed by atoms with Crippen molar-refractivity contribution in [2.24, 2.45) is 5.41 Å². The molecule has 8 aromatic carbocycles. The highest BCUT2D eigenvalue weighted by Gasteiger charge is 2.39. The smallest absolute Gasteiger partial charge is 0.269 e. The van der Waals surface area contributed by atoms with Crippen LogP contribution in [-0.4, -0.2) is 14.1 Å². The van der Waals surface area contributed by atoms with Crippen LogP contribution >= 0.6 is 0 Å². The molecule has 0 radical (unpaired) electrons. The number of para-hydroxylation sites is 4. The summed E-state index contributed by atoms with van der Waals surface area (Å²) in [4.78, 5) is 4.79. The van der Waals surface area contributed by atoms with E-state index >= 15 is 0 Å². The number of fused-ring (bicyclic) bond motifs is 6. The predicted octanol–water partition coefficient (Wildman–Crippen LogP) is 19.3. The topological polar surface area (TPSA) is 35.9 Å². The van der Waals surface area contributed by atoms with Crippen LogP contribution in [0.4, 0.5) is 0 Å². The Kier molecular flexibility index (Phi) is 5.12. The molecule has 0 fully saturated rings. The highest BCUT2D eigenvalue weighted by Crippen LogP contribution is 2.50. The Morgan fingerprint density at radius 3 is 1.82 bits per heavy atom. The Morgan fingerprint density at radius 1 is 0.588 bits per heavy atom. The molecule has 13 rings (SSSR count). The minimum atomic E-state index is -4.89. The van der Waals surface area contributed by atoms with Gasteiger partial charge in [0.2, 0.25) is 0 Å². The molecule has 2 aliphatic rings. The number of hydrogen-bond acceptors (Lipinski definition) is 2. The lowest BCUT2D eigenvalue weighted by Crippen LogP contribution is -2.34. The summed E-state index contributed by atoms with van der Waals surface area (Å²) in [5.74, 6) is 0.197. The fourth-order valence-corrected chi connectivity index (χ4v) is 10.2. The van der Waals surface area contributed by atoms with Crippen molar-refractivity contribution in [3.05, 3.63) is 222 Å². The second-order valence-electron chi connectivity index (χ2n) is 20.6. The Morgan fingerprint density at radius 2 is 1.18 bits per heavy atom. The molecule has 80 heavy (non-hydrogen) atoms. The lowest BCUT2D eigenvalue weighted by molar-refractivity contribution is -0.571. The lowest BCUT2D eigenvalue weighted by atomic mass is 9.62. The number of aromatic nitrogens is 4. The number of benzene rings is 8. The molecule has 0 unspecified atom stereocenters. The predicted molar refractivity (Wildman–Crippen MR) is 332 cm³/mol. The van der Waals surface area contributed by atoms with Crippen LogP contribution in [0.3, 0.4) is 0 Å². The molecule has 400 valence electrons. The molecule has 0 bridgehead atoms. The molecule has 11 aromatic rings. The van der Waals surface area contributed by atoms with Gasteiger partial charge in [0.05, 0.1) is 48.5 Å². The second-order valence-corrected chi connectivity index (χ2v) is 20.6. The van der Waals surface area contributed by atoms with Crippen LogP contribution in [0, 0.1) is 11.7 Å². The van der Waals surface area contributed by atoms with Gasteiger partial charge in [-0.3, -0.25) is 13.7 Å². The molecule has 0 saturated heterocycles. The van der Waals surface area contributed by atoms with Gasteiger partial charge in [-0.15, -0.1) is 0 Å². The van der Waals surface area contributed by atoms with Crippen molar-refractivity contribution >= 4 is 32.8 Å². The summed E-state index contributed by atoms with van der Waals surface area (Å²) < 4.78 is 426. The van der Waals surface area contributed by atoms with Crippen molar-refractivity contribution in [1.29, 1.82) is 0 Å². The molecule has 5 nitrogen and oxygen atoms in total. The lowest BCUT2D eigenvalue weighted by Gasteiger charge is -2.42. The third-order valence-electron chi connectivity index (χ3n) is 13.7. The SMILES string of the molecule is [2H]c1c([2H])c([2H])c(-c2cnc(-n3c4ccccc4c4ccc(Oc5cccc(-n6[c-][n+](-c7c(-c8c([2H])c([2H])c9c(c8[2H])C(C([2H])([2H])[2H])(C([2H])([2H])[2H])C([2H])([2H])C([2H])([2H])C9(C([2H])([2H])[2H])C([2H])([2H])[2H])cccc7-c7c([2H])c([2H])c8c(c7[2H])C(C([2H])([2H])[2H])(C([2H])([2H])[2H])C([2H])([2H])C([2H])([2H])C8(C([2H])([2H])[2H])C([2H])([2H])[2H])c7ccccc76)c5)cc43)cc2C([2H])([2H])C(C)(C)C)c([2H])c1[2H]. The minimum Gasteiger partial charge on any atom is -0.458 e. The Hall–Kier alpha value is -8.02. The van der Waals surface area contributed by atoms with Gasteiger partial charge in [0.15, 0.2) is 0 Å². The molecule has 0 saturated carbocycles. The maximum atomic E-state index is 10.4. The summed E-state index contributed by atoms with van der Waals surface area (Å²) in [6.07, 6.45) is -17.5. The fourth-order valence-electron chi connectivity index (χ4n) is 10.2. The van der Waals surface area contributed by atoms with Crippen molar-refractivity contribution in [3.63, 3.8) is 0 Å². The average molecular weight is 1090 g/mol. The van der Waals surface area contributed by atoms with Crippen molar-refractivity contribution in [2.75, 3.05) is 0 Å². The second kappa shape index (κ2) is 18.8. The van der Waals surface area contributed by atoms with Gasteiger partial charge >= 0.3 is 0 Å². The third-order valence-corrected chi connectivity index (χ3v) is 13.7. The summed E-state index contributed by atoms with van der Waals surface area (Å²) in [6, 6.07) is 13.4. The van der Waals surface area contributed by atoms with Crippen LogP contribution in [0.15, 0.2) is 188 Å². The summed E-state index contributed by atoms with van der Waals surface area (Å²) in [5.41, 5.74) is -33.2. The van der Waals surface area contributed by atoms with E-state index in [9.17, 15) is 21.9 Å². The van der Waals surface area contributed by atoms with E-state index in [4.69, 9.17) is 49.5 Å². The molecule has 3 aromatic heterocycles. The molecule has 3 heterocycles. The normalized spacial score (nSPS) is 28.4. The minimum absolute atomic E-state index is 0.00241. The van der Waals surface area contributed by atoms with Crippen LogP contribution in [0.5, 0.6) is 11.5 Å². The Balaban J connectivity index is 1.14. The molecular formula is C75H74N4O. The van der Waals surface area contributed by atoms with Crippen LogP contribution in [-0.2, 0) is 28.0 Å². The first-order valence-corrected chi connectivity index (χ1v) is 25.0. The van der Waals surface area contributed by atoms with Gasteiger partial charge in [0, 0.05) is 75.2 Å². The van der Waals surface area contributed by atoms with E-state index in [2.05, 4.69) is 6.33 Å². The molecule has 0 amide bonds. The van der Waals surface area contributed by atoms with E-state index in [1.807, 2.05) is 0 Å². The average Bonchev–Trinajstić information content (AvgIpc) is 1.20. The molecule has 2 aliphatic carbocycles. The largest absolute Gasteiger partial charge is 0.458 e. The van der Waals surface area contributed by atoms with Crippen LogP contribution in [0.2, 0.25) is 0 Å². The zero-order valence-electron chi connectivity index (χ0n) is 87.7. The van der Waals surface area contributed by atoms with Crippen LogP contribution < -0.4 is 9.30 Å². The monoisotopic (exact) mass is 1090 g/mol. The number of hydrogen-bond donors (Lipinski definition) is 0. The van der Waals surface area contributed by atoms with Gasteiger partial charge < -0.3 is 4.74 Å². The summed E-state index contributed by atoms with van der Waals surface area (Å²) in [5, 5.41) is 1.25. The van der Waals surface area contributed by atoms with Crippen LogP contribution in [0.1, 0.15) is 191 Å². The maximum absolute atomic E-state index is 10.4. The van der Waals surface area contributed by atoms with Crippen molar-refractivity contribution < 1.29 is 71.0 Å². The standard InChI is InChI=1S/C75H74N4O/c1-71(2,3)46-52-43-69(76-47-60(52)49-21-13-12-14-22-49)79-65-28-16-15-25-58(65)59-34-33-55(45-68(59)79)80-54-24-19-23-53(44-54)77-48-78(67-30-18-17-29-66(67)77)70-56(50-31-35-61-63(41-50)74(8,9)39-37-72(61,4)5)26-20-27-57(70)51-32-36-62-64(42-51)75(10,11)40-38-73(62,6)7/h12-36,41-45,47H,37-40,46H2,1-11H3/i4D3,5D3,6D3,7D3,8D3,9D3,10D3,11D3,12D,13D,14D,21D,22D,31D,32D,35D,36D,37D2,38D2,39D2,40D2,41D,42D,46D2. The molecule has 0 atom stereocenters. The van der Waals surface area contributed by atoms with Crippen molar-refractivity contribution in [1.82, 2.24) is 14.1 Å². The number of nitrogens with zero attached hydrogens (tertiary/aromatic N) is 4. The molecule has 0 N–H and O–H groups in total. The van der Waals surface area contributed by atoms with E-state index in [0.717, 1.165) is 22.8 Å². The zero-order chi connectivity index (χ0) is 94.0. The number of imidazole rings is 1. The van der Waals surface area contributed by atoms with Gasteiger partial charge in [0.25, 0.3) is 6.33 Å². The van der Waals surface area contributed by atoms with Gasteiger partial charge in [-0.2, -0.15) is 0 Å².